The summed E-state index contributed by atoms with van der Waals surface area (Å²) in [5.41, 5.74) is 2.14. The predicted molar refractivity (Wildman–Crippen MR) is 75.4 cm³/mol. The lowest BCUT2D eigenvalue weighted by Crippen LogP contribution is -2.23. The Morgan fingerprint density at radius 2 is 2.16 bits per heavy atom. The molecular weight excluding hydrogens is 238 g/mol. The van der Waals surface area contributed by atoms with Gasteiger partial charge in [0.25, 0.3) is 0 Å². The average Bonchev–Trinajstić information content (AvgIpc) is 2.83. The van der Waals surface area contributed by atoms with E-state index in [1.54, 1.807) is 17.0 Å². The summed E-state index contributed by atoms with van der Waals surface area (Å²) in [4.78, 5) is 11.6. The van der Waals surface area contributed by atoms with Crippen molar-refractivity contribution in [2.24, 2.45) is 7.05 Å². The van der Waals surface area contributed by atoms with E-state index < -0.39 is 0 Å². The number of nitrogens with one attached hydrogen (secondary N) is 1. The Kier molecular flexibility index (Phi) is 4.50. The van der Waals surface area contributed by atoms with Gasteiger partial charge in [-0.2, -0.15) is 5.10 Å². The van der Waals surface area contributed by atoms with Crippen LogP contribution in [0.15, 0.2) is 48.8 Å². The van der Waals surface area contributed by atoms with Crippen molar-refractivity contribution in [2.75, 3.05) is 6.54 Å². The van der Waals surface area contributed by atoms with E-state index in [1.165, 1.54) is 11.6 Å². The number of rotatable bonds is 5. The van der Waals surface area contributed by atoms with Gasteiger partial charge < -0.3 is 5.32 Å². The molecule has 0 saturated heterocycles. The number of nitrogens with zero attached hydrogens (tertiary/aromatic N) is 2. The number of aryl methyl sites for hydroxylation is 1. The van der Waals surface area contributed by atoms with Crippen molar-refractivity contribution in [1.82, 2.24) is 15.1 Å². The molecule has 0 aliphatic heterocycles. The van der Waals surface area contributed by atoms with Gasteiger partial charge in [-0.3, -0.25) is 9.48 Å². The van der Waals surface area contributed by atoms with Gasteiger partial charge in [0.2, 0.25) is 5.91 Å². The van der Waals surface area contributed by atoms with E-state index >= 15 is 0 Å². The Bertz CT molecular complexity index is 558. The molecule has 1 N–H and O–H groups in total. The van der Waals surface area contributed by atoms with Gasteiger partial charge in [-0.15, -0.1) is 0 Å². The fraction of sp³-hybridized carbons (Fsp3) is 0.200. The van der Waals surface area contributed by atoms with Crippen LogP contribution in [0.2, 0.25) is 0 Å². The standard InChI is InChI=1S/C15H17N3O/c1-18-12-14(11-17-18)7-8-15(19)16-10-9-13-5-3-2-4-6-13/h2-8,11-12H,9-10H2,1H3,(H,16,19)/b8-7+. The smallest absolute Gasteiger partial charge is 0.244 e. The van der Waals surface area contributed by atoms with Crippen molar-refractivity contribution in [2.45, 2.75) is 6.42 Å². The molecule has 1 heterocycles. The summed E-state index contributed by atoms with van der Waals surface area (Å²) in [7, 11) is 1.84. The molecule has 0 fully saturated rings. The van der Waals surface area contributed by atoms with Crippen LogP contribution in [0.25, 0.3) is 6.08 Å². The largest absolute Gasteiger partial charge is 0.352 e. The van der Waals surface area contributed by atoms with Crippen molar-refractivity contribution in [1.29, 1.82) is 0 Å². The average molecular weight is 255 g/mol. The third-order valence-electron chi connectivity index (χ3n) is 2.71. The maximum absolute atomic E-state index is 11.6. The molecule has 2 rings (SSSR count). The minimum Gasteiger partial charge on any atom is -0.352 e. The number of aromatic nitrogens is 2. The highest BCUT2D eigenvalue weighted by atomic mass is 16.1. The van der Waals surface area contributed by atoms with Crippen LogP contribution in [0.4, 0.5) is 0 Å². The van der Waals surface area contributed by atoms with Gasteiger partial charge in [0.15, 0.2) is 0 Å². The molecule has 19 heavy (non-hydrogen) atoms. The lowest BCUT2D eigenvalue weighted by molar-refractivity contribution is -0.116. The summed E-state index contributed by atoms with van der Waals surface area (Å²) < 4.78 is 1.70. The Labute approximate surface area is 112 Å². The molecule has 0 radical (unpaired) electrons. The molecule has 0 aliphatic carbocycles. The van der Waals surface area contributed by atoms with Crippen LogP contribution in [0.3, 0.4) is 0 Å². The zero-order chi connectivity index (χ0) is 13.5. The third kappa shape index (κ3) is 4.43. The van der Waals surface area contributed by atoms with Crippen molar-refractivity contribution >= 4 is 12.0 Å². The summed E-state index contributed by atoms with van der Waals surface area (Å²) in [6, 6.07) is 10.1. The minimum atomic E-state index is -0.0835. The van der Waals surface area contributed by atoms with Crippen LogP contribution >= 0.6 is 0 Å². The lowest BCUT2D eigenvalue weighted by Gasteiger charge is -2.02. The quantitative estimate of drug-likeness (QED) is 0.828. The first-order valence-corrected chi connectivity index (χ1v) is 6.22. The topological polar surface area (TPSA) is 46.9 Å². The van der Waals surface area contributed by atoms with E-state index in [2.05, 4.69) is 22.5 Å². The Morgan fingerprint density at radius 3 is 2.84 bits per heavy atom. The molecule has 0 spiro atoms. The monoisotopic (exact) mass is 255 g/mol. The van der Waals surface area contributed by atoms with Crippen molar-refractivity contribution < 1.29 is 4.79 Å². The van der Waals surface area contributed by atoms with Crippen LogP contribution in [0.5, 0.6) is 0 Å². The highest BCUT2D eigenvalue weighted by Gasteiger charge is 1.96. The third-order valence-corrected chi connectivity index (χ3v) is 2.71. The molecule has 1 aromatic carbocycles. The van der Waals surface area contributed by atoms with E-state index in [4.69, 9.17) is 0 Å². The Hall–Kier alpha value is -2.36. The molecule has 4 heteroatoms. The minimum absolute atomic E-state index is 0.0835. The first-order valence-electron chi connectivity index (χ1n) is 6.22. The summed E-state index contributed by atoms with van der Waals surface area (Å²) in [6.45, 7) is 0.639. The van der Waals surface area contributed by atoms with Crippen LogP contribution in [0, 0.1) is 0 Å². The molecule has 4 nitrogen and oxygen atoms in total. The molecule has 0 saturated carbocycles. The normalized spacial score (nSPS) is 10.8. The molecule has 1 amide bonds. The summed E-state index contributed by atoms with van der Waals surface area (Å²) >= 11 is 0. The molecular formula is C15H17N3O. The van der Waals surface area contributed by atoms with Gasteiger partial charge in [-0.1, -0.05) is 30.3 Å². The number of carbonyl (C=O) groups excluding carboxylic acids is 1. The number of amides is 1. The zero-order valence-electron chi connectivity index (χ0n) is 10.9. The van der Waals surface area contributed by atoms with Gasteiger partial charge in [-0.05, 0) is 18.1 Å². The number of hydrogen-bond acceptors (Lipinski definition) is 2. The molecule has 0 bridgehead atoms. The number of benzene rings is 1. The second kappa shape index (κ2) is 6.54. The first-order chi connectivity index (χ1) is 9.24. The zero-order valence-corrected chi connectivity index (χ0v) is 10.9. The second-order valence-corrected chi connectivity index (χ2v) is 4.31. The van der Waals surface area contributed by atoms with Gasteiger partial charge >= 0.3 is 0 Å². The van der Waals surface area contributed by atoms with Crippen molar-refractivity contribution in [3.05, 3.63) is 59.9 Å². The number of hydrogen-bond donors (Lipinski definition) is 1. The van der Waals surface area contributed by atoms with Gasteiger partial charge in [0.1, 0.15) is 0 Å². The van der Waals surface area contributed by atoms with Crippen LogP contribution in [0.1, 0.15) is 11.1 Å². The number of carbonyl (C=O) groups is 1. The SMILES string of the molecule is Cn1cc(/C=C/C(=O)NCCc2ccccc2)cn1. The molecule has 1 aromatic heterocycles. The maximum atomic E-state index is 11.6. The predicted octanol–water partition coefficient (Wildman–Crippen LogP) is 1.79. The van der Waals surface area contributed by atoms with Crippen LogP contribution in [-0.4, -0.2) is 22.2 Å². The second-order valence-electron chi connectivity index (χ2n) is 4.31. The maximum Gasteiger partial charge on any atom is 0.244 e. The highest BCUT2D eigenvalue weighted by molar-refractivity contribution is 5.91. The van der Waals surface area contributed by atoms with E-state index in [0.717, 1.165) is 12.0 Å². The van der Waals surface area contributed by atoms with E-state index in [0.29, 0.717) is 6.54 Å². The molecule has 98 valence electrons. The molecule has 2 aromatic rings. The fourth-order valence-corrected chi connectivity index (χ4v) is 1.73. The lowest BCUT2D eigenvalue weighted by atomic mass is 10.1. The van der Waals surface area contributed by atoms with Gasteiger partial charge in [0, 0.05) is 31.4 Å². The molecule has 0 aliphatic rings. The van der Waals surface area contributed by atoms with Gasteiger partial charge in [-0.25, -0.2) is 0 Å². The summed E-state index contributed by atoms with van der Waals surface area (Å²) in [5.74, 6) is -0.0835. The Balaban J connectivity index is 1.74. The van der Waals surface area contributed by atoms with Crippen molar-refractivity contribution in [3.63, 3.8) is 0 Å². The van der Waals surface area contributed by atoms with E-state index in [-0.39, 0.29) is 5.91 Å². The van der Waals surface area contributed by atoms with Crippen LogP contribution < -0.4 is 5.32 Å². The Morgan fingerprint density at radius 1 is 1.37 bits per heavy atom. The van der Waals surface area contributed by atoms with Gasteiger partial charge in [0.05, 0.1) is 6.20 Å². The molecule has 0 unspecified atom stereocenters. The van der Waals surface area contributed by atoms with E-state index in [9.17, 15) is 4.79 Å². The summed E-state index contributed by atoms with van der Waals surface area (Å²) in [5, 5.41) is 6.89. The van der Waals surface area contributed by atoms with Crippen molar-refractivity contribution in [3.8, 4) is 0 Å². The molecule has 0 atom stereocenters. The fourth-order valence-electron chi connectivity index (χ4n) is 1.73. The first kappa shape index (κ1) is 13.1. The highest BCUT2D eigenvalue weighted by Crippen LogP contribution is 1.99. The summed E-state index contributed by atoms with van der Waals surface area (Å²) in [6.07, 6.45) is 7.70. The van der Waals surface area contributed by atoms with Crippen LogP contribution in [-0.2, 0) is 18.3 Å². The van der Waals surface area contributed by atoms with E-state index in [1.807, 2.05) is 31.4 Å².